The first-order chi connectivity index (χ1) is 10.2. The Morgan fingerprint density at radius 2 is 1.86 bits per heavy atom. The van der Waals surface area contributed by atoms with Gasteiger partial charge in [-0.3, -0.25) is 4.90 Å². The zero-order valence-corrected chi connectivity index (χ0v) is 13.4. The largest absolute Gasteiger partial charge is 0.379 e. The van der Waals surface area contributed by atoms with Crippen LogP contribution in [-0.2, 0) is 17.6 Å². The standard InChI is InChI=1S/C15H27N5O/c1-4-13-14(5-2)18-19-15(17-13)16-10-12(3)11-20-6-8-21-9-7-20/h12H,4-11H2,1-3H3,(H,16,17,19). The number of hydrogen-bond donors (Lipinski definition) is 1. The summed E-state index contributed by atoms with van der Waals surface area (Å²) in [6.07, 6.45) is 1.79. The van der Waals surface area contributed by atoms with Gasteiger partial charge in [0.1, 0.15) is 0 Å². The molecule has 0 aromatic carbocycles. The molecule has 1 aliphatic heterocycles. The Morgan fingerprint density at radius 1 is 1.14 bits per heavy atom. The van der Waals surface area contributed by atoms with Crippen molar-refractivity contribution in [2.75, 3.05) is 44.7 Å². The van der Waals surface area contributed by atoms with Crippen molar-refractivity contribution in [2.45, 2.75) is 33.6 Å². The van der Waals surface area contributed by atoms with Crippen LogP contribution >= 0.6 is 0 Å². The number of nitrogens with one attached hydrogen (secondary N) is 1. The summed E-state index contributed by atoms with van der Waals surface area (Å²) in [6, 6.07) is 0. The van der Waals surface area contributed by atoms with E-state index in [1.54, 1.807) is 0 Å². The normalized spacial score (nSPS) is 17.7. The van der Waals surface area contributed by atoms with Crippen LogP contribution in [0, 0.1) is 5.92 Å². The van der Waals surface area contributed by atoms with Crippen LogP contribution in [0.1, 0.15) is 32.2 Å². The minimum Gasteiger partial charge on any atom is -0.379 e. The molecule has 0 radical (unpaired) electrons. The minimum atomic E-state index is 0.544. The van der Waals surface area contributed by atoms with Crippen LogP contribution in [-0.4, -0.2) is 59.5 Å². The van der Waals surface area contributed by atoms with Crippen molar-refractivity contribution in [3.63, 3.8) is 0 Å². The third-order valence-electron chi connectivity index (χ3n) is 3.79. The molecule has 0 saturated carbocycles. The second-order valence-electron chi connectivity index (χ2n) is 5.63. The molecule has 0 amide bonds. The lowest BCUT2D eigenvalue weighted by atomic mass is 10.1. The zero-order chi connectivity index (χ0) is 15.1. The molecule has 1 unspecified atom stereocenters. The number of nitrogens with zero attached hydrogens (tertiary/aromatic N) is 4. The second kappa shape index (κ2) is 8.24. The van der Waals surface area contributed by atoms with Crippen molar-refractivity contribution in [2.24, 2.45) is 5.92 Å². The van der Waals surface area contributed by atoms with Crippen molar-refractivity contribution in [1.29, 1.82) is 0 Å². The molecular weight excluding hydrogens is 266 g/mol. The van der Waals surface area contributed by atoms with Crippen molar-refractivity contribution in [3.8, 4) is 0 Å². The van der Waals surface area contributed by atoms with Gasteiger partial charge >= 0.3 is 0 Å². The fraction of sp³-hybridized carbons (Fsp3) is 0.800. The predicted molar refractivity (Wildman–Crippen MR) is 83.5 cm³/mol. The summed E-state index contributed by atoms with van der Waals surface area (Å²) in [5.41, 5.74) is 2.06. The average molecular weight is 293 g/mol. The van der Waals surface area contributed by atoms with E-state index in [1.807, 2.05) is 0 Å². The lowest BCUT2D eigenvalue weighted by Gasteiger charge is -2.29. The summed E-state index contributed by atoms with van der Waals surface area (Å²) < 4.78 is 5.37. The molecule has 1 saturated heterocycles. The molecule has 1 aromatic rings. The van der Waals surface area contributed by atoms with E-state index in [2.05, 4.69) is 46.2 Å². The van der Waals surface area contributed by atoms with Gasteiger partial charge in [0, 0.05) is 26.2 Å². The van der Waals surface area contributed by atoms with E-state index >= 15 is 0 Å². The van der Waals surface area contributed by atoms with Gasteiger partial charge in [-0.2, -0.15) is 5.10 Å². The smallest absolute Gasteiger partial charge is 0.242 e. The molecule has 1 atom stereocenters. The summed E-state index contributed by atoms with van der Waals surface area (Å²) in [5, 5.41) is 11.7. The van der Waals surface area contributed by atoms with Gasteiger partial charge in [-0.05, 0) is 18.8 Å². The first kappa shape index (κ1) is 16.1. The monoisotopic (exact) mass is 293 g/mol. The van der Waals surface area contributed by atoms with Gasteiger partial charge in [0.25, 0.3) is 0 Å². The van der Waals surface area contributed by atoms with Crippen LogP contribution in [0.5, 0.6) is 0 Å². The van der Waals surface area contributed by atoms with Crippen molar-refractivity contribution in [1.82, 2.24) is 20.1 Å². The Hall–Kier alpha value is -1.27. The molecule has 1 aliphatic rings. The van der Waals surface area contributed by atoms with Crippen LogP contribution < -0.4 is 5.32 Å². The number of rotatable bonds is 7. The highest BCUT2D eigenvalue weighted by Crippen LogP contribution is 2.08. The third kappa shape index (κ3) is 4.89. The molecule has 2 rings (SSSR count). The average Bonchev–Trinajstić information content (AvgIpc) is 2.53. The first-order valence-electron chi connectivity index (χ1n) is 7.99. The topological polar surface area (TPSA) is 63.2 Å². The molecule has 21 heavy (non-hydrogen) atoms. The molecule has 6 nitrogen and oxygen atoms in total. The quantitative estimate of drug-likeness (QED) is 0.819. The van der Waals surface area contributed by atoms with E-state index in [0.717, 1.165) is 63.6 Å². The fourth-order valence-corrected chi connectivity index (χ4v) is 2.57. The zero-order valence-electron chi connectivity index (χ0n) is 13.4. The lowest BCUT2D eigenvalue weighted by molar-refractivity contribution is 0.0325. The van der Waals surface area contributed by atoms with Gasteiger partial charge in [0.15, 0.2) is 0 Å². The van der Waals surface area contributed by atoms with Crippen LogP contribution in [0.4, 0.5) is 5.95 Å². The van der Waals surface area contributed by atoms with Gasteiger partial charge in [0.2, 0.25) is 5.95 Å². The van der Waals surface area contributed by atoms with Gasteiger partial charge in [-0.25, -0.2) is 4.98 Å². The SMILES string of the molecule is CCc1nnc(NCC(C)CN2CCOCC2)nc1CC. The van der Waals surface area contributed by atoms with Gasteiger partial charge in [-0.1, -0.05) is 20.8 Å². The highest BCUT2D eigenvalue weighted by Gasteiger charge is 2.14. The van der Waals surface area contributed by atoms with E-state index in [1.165, 1.54) is 0 Å². The summed E-state index contributed by atoms with van der Waals surface area (Å²) in [5.74, 6) is 1.19. The second-order valence-corrected chi connectivity index (χ2v) is 5.63. The van der Waals surface area contributed by atoms with E-state index in [0.29, 0.717) is 11.9 Å². The fourth-order valence-electron chi connectivity index (χ4n) is 2.57. The Labute approximate surface area is 127 Å². The van der Waals surface area contributed by atoms with Crippen LogP contribution in [0.25, 0.3) is 0 Å². The van der Waals surface area contributed by atoms with Crippen LogP contribution in [0.15, 0.2) is 0 Å². The Morgan fingerprint density at radius 3 is 2.52 bits per heavy atom. The maximum absolute atomic E-state index is 5.37. The Bertz CT molecular complexity index is 434. The molecule has 0 spiro atoms. The molecule has 1 aromatic heterocycles. The molecule has 2 heterocycles. The van der Waals surface area contributed by atoms with Crippen LogP contribution in [0.2, 0.25) is 0 Å². The predicted octanol–water partition coefficient (Wildman–Crippen LogP) is 1.38. The van der Waals surface area contributed by atoms with E-state index in [-0.39, 0.29) is 0 Å². The number of aromatic nitrogens is 3. The maximum atomic E-state index is 5.37. The highest BCUT2D eigenvalue weighted by atomic mass is 16.5. The molecule has 0 bridgehead atoms. The number of morpholine rings is 1. The first-order valence-corrected chi connectivity index (χ1v) is 7.99. The highest BCUT2D eigenvalue weighted by molar-refractivity contribution is 5.25. The Kier molecular flexibility index (Phi) is 6.32. The molecule has 6 heteroatoms. The van der Waals surface area contributed by atoms with E-state index in [4.69, 9.17) is 4.74 Å². The lowest BCUT2D eigenvalue weighted by Crippen LogP contribution is -2.40. The summed E-state index contributed by atoms with van der Waals surface area (Å²) in [4.78, 5) is 7.01. The molecule has 118 valence electrons. The van der Waals surface area contributed by atoms with Crippen LogP contribution in [0.3, 0.4) is 0 Å². The minimum absolute atomic E-state index is 0.544. The number of anilines is 1. The Balaban J connectivity index is 1.81. The molecule has 0 aliphatic carbocycles. The van der Waals surface area contributed by atoms with Crippen molar-refractivity contribution in [3.05, 3.63) is 11.4 Å². The molecule has 1 fully saturated rings. The number of aryl methyl sites for hydroxylation is 2. The van der Waals surface area contributed by atoms with Gasteiger partial charge in [-0.15, -0.1) is 5.10 Å². The molecular formula is C15H27N5O. The van der Waals surface area contributed by atoms with Gasteiger partial charge in [0.05, 0.1) is 24.6 Å². The van der Waals surface area contributed by atoms with Crippen molar-refractivity contribution >= 4 is 5.95 Å². The summed E-state index contributed by atoms with van der Waals surface area (Å²) in [6.45, 7) is 12.2. The third-order valence-corrected chi connectivity index (χ3v) is 3.79. The summed E-state index contributed by atoms with van der Waals surface area (Å²) in [7, 11) is 0. The van der Waals surface area contributed by atoms with E-state index in [9.17, 15) is 0 Å². The number of hydrogen-bond acceptors (Lipinski definition) is 6. The van der Waals surface area contributed by atoms with E-state index < -0.39 is 0 Å². The maximum Gasteiger partial charge on any atom is 0.242 e. The molecule has 1 N–H and O–H groups in total. The number of ether oxygens (including phenoxy) is 1. The van der Waals surface area contributed by atoms with Crippen molar-refractivity contribution < 1.29 is 4.74 Å². The van der Waals surface area contributed by atoms with Gasteiger partial charge < -0.3 is 10.1 Å². The summed E-state index contributed by atoms with van der Waals surface area (Å²) >= 11 is 0.